The summed E-state index contributed by atoms with van der Waals surface area (Å²) in [5.41, 5.74) is 0.864. The third-order valence-electron chi connectivity index (χ3n) is 9.49. The van der Waals surface area contributed by atoms with Gasteiger partial charge in [-0.05, 0) is 105 Å². The Morgan fingerprint density at radius 1 is 0.862 bits per heavy atom. The van der Waals surface area contributed by atoms with E-state index < -0.39 is 0 Å². The average molecular weight is 407 g/mol. The SMILES string of the molecule is CC.CC.COCC1CCC2C3CCC4(C)C(C(C)=O)CCC4C3CCC2(C)C1. The second-order valence-electron chi connectivity index (χ2n) is 10.6. The van der Waals surface area contributed by atoms with Crippen molar-refractivity contribution in [3.05, 3.63) is 0 Å². The van der Waals surface area contributed by atoms with Gasteiger partial charge in [-0.15, -0.1) is 0 Å². The van der Waals surface area contributed by atoms with Crippen LogP contribution in [0.1, 0.15) is 106 Å². The first-order valence-corrected chi connectivity index (χ1v) is 12.9. The van der Waals surface area contributed by atoms with Crippen molar-refractivity contribution in [1.29, 1.82) is 0 Å². The van der Waals surface area contributed by atoms with Crippen molar-refractivity contribution < 1.29 is 9.53 Å². The lowest BCUT2D eigenvalue weighted by molar-refractivity contribution is -0.132. The maximum absolute atomic E-state index is 12.2. The molecule has 0 radical (unpaired) electrons. The fourth-order valence-electron chi connectivity index (χ4n) is 8.47. The molecule has 4 aliphatic rings. The molecule has 2 heteroatoms. The maximum Gasteiger partial charge on any atom is 0.133 e. The number of carbonyl (C=O) groups excluding carboxylic acids is 1. The summed E-state index contributed by atoms with van der Waals surface area (Å²) in [5.74, 6) is 5.19. The highest BCUT2D eigenvalue weighted by molar-refractivity contribution is 5.79. The zero-order valence-electron chi connectivity index (χ0n) is 20.9. The summed E-state index contributed by atoms with van der Waals surface area (Å²) in [4.78, 5) is 12.2. The highest BCUT2D eigenvalue weighted by Gasteiger charge is 2.59. The van der Waals surface area contributed by atoms with Gasteiger partial charge in [-0.25, -0.2) is 0 Å². The smallest absolute Gasteiger partial charge is 0.133 e. The average Bonchev–Trinajstić information content (AvgIpc) is 3.08. The number of ketones is 1. The molecule has 0 aliphatic heterocycles. The molecule has 8 unspecified atom stereocenters. The van der Waals surface area contributed by atoms with Crippen LogP contribution < -0.4 is 0 Å². The first-order valence-electron chi connectivity index (χ1n) is 12.9. The molecule has 0 aromatic carbocycles. The summed E-state index contributed by atoms with van der Waals surface area (Å²) in [7, 11) is 1.86. The van der Waals surface area contributed by atoms with Crippen molar-refractivity contribution >= 4 is 5.78 Å². The van der Waals surface area contributed by atoms with Crippen LogP contribution in [-0.2, 0) is 9.53 Å². The quantitative estimate of drug-likeness (QED) is 0.483. The predicted octanol–water partition coefficient (Wildman–Crippen LogP) is 7.55. The van der Waals surface area contributed by atoms with Gasteiger partial charge in [0.1, 0.15) is 5.78 Å². The summed E-state index contributed by atoms with van der Waals surface area (Å²) >= 11 is 0. The third-order valence-corrected chi connectivity index (χ3v) is 9.49. The number of fused-ring (bicyclic) bond motifs is 5. The van der Waals surface area contributed by atoms with Crippen LogP contribution in [0.15, 0.2) is 0 Å². The number of carbonyl (C=O) groups is 1. The summed E-state index contributed by atoms with van der Waals surface area (Å²) in [6.07, 6.45) is 12.2. The molecule has 0 heterocycles. The largest absolute Gasteiger partial charge is 0.384 e. The summed E-state index contributed by atoms with van der Waals surface area (Å²) in [6.45, 7) is 15.9. The third kappa shape index (κ3) is 4.48. The number of hydrogen-bond acceptors (Lipinski definition) is 2. The van der Waals surface area contributed by atoms with E-state index in [0.29, 0.717) is 22.5 Å². The lowest BCUT2D eigenvalue weighted by Crippen LogP contribution is -2.52. The number of methoxy groups -OCH3 is 1. The molecule has 4 fully saturated rings. The van der Waals surface area contributed by atoms with Crippen molar-refractivity contribution in [1.82, 2.24) is 0 Å². The highest BCUT2D eigenvalue weighted by atomic mass is 16.5. The topological polar surface area (TPSA) is 26.3 Å². The Kier molecular flexibility index (Phi) is 8.84. The number of Topliss-reactive ketones (excluding diaryl/α,β-unsaturated/α-hetero) is 1. The molecule has 0 amide bonds. The first-order chi connectivity index (χ1) is 13.9. The number of rotatable bonds is 3. The van der Waals surface area contributed by atoms with E-state index in [9.17, 15) is 4.79 Å². The van der Waals surface area contributed by atoms with E-state index >= 15 is 0 Å². The Labute approximate surface area is 181 Å². The zero-order valence-corrected chi connectivity index (χ0v) is 20.9. The van der Waals surface area contributed by atoms with Crippen LogP contribution in [0, 0.1) is 46.3 Å². The van der Waals surface area contributed by atoms with Crippen molar-refractivity contribution in [2.75, 3.05) is 13.7 Å². The van der Waals surface area contributed by atoms with Crippen LogP contribution in [0.5, 0.6) is 0 Å². The standard InChI is InChI=1S/C23H38O2.2C2H6/c1-15(24)19-7-8-21-18-9-11-22(2)13-16(14-25-4)5-6-20(22)17(18)10-12-23(19,21)3;2*1-2/h16-21H,5-14H2,1-4H3;2*1-2H3. The van der Waals surface area contributed by atoms with E-state index in [2.05, 4.69) is 13.8 Å². The summed E-state index contributed by atoms with van der Waals surface area (Å²) in [5, 5.41) is 0. The van der Waals surface area contributed by atoms with Gasteiger partial charge in [0.15, 0.2) is 0 Å². The van der Waals surface area contributed by atoms with E-state index in [1.54, 1.807) is 0 Å². The lowest BCUT2D eigenvalue weighted by Gasteiger charge is -2.60. The van der Waals surface area contributed by atoms with Crippen molar-refractivity contribution in [3.8, 4) is 0 Å². The van der Waals surface area contributed by atoms with Gasteiger partial charge < -0.3 is 4.74 Å². The Morgan fingerprint density at radius 2 is 1.45 bits per heavy atom. The molecule has 0 saturated heterocycles. The van der Waals surface area contributed by atoms with Gasteiger partial charge in [0.2, 0.25) is 0 Å². The normalized spacial score (nSPS) is 45.4. The maximum atomic E-state index is 12.2. The van der Waals surface area contributed by atoms with Gasteiger partial charge in [0, 0.05) is 19.6 Å². The van der Waals surface area contributed by atoms with E-state index in [1.807, 2.05) is 41.7 Å². The molecule has 8 atom stereocenters. The molecular formula is C27H50O2. The van der Waals surface area contributed by atoms with Crippen LogP contribution in [-0.4, -0.2) is 19.5 Å². The Morgan fingerprint density at radius 3 is 2.07 bits per heavy atom. The minimum atomic E-state index is 0.313. The van der Waals surface area contributed by atoms with Crippen molar-refractivity contribution in [3.63, 3.8) is 0 Å². The zero-order chi connectivity index (χ0) is 21.8. The predicted molar refractivity (Wildman–Crippen MR) is 124 cm³/mol. The second kappa shape index (κ2) is 10.3. The van der Waals surface area contributed by atoms with Crippen LogP contribution in [0.2, 0.25) is 0 Å². The molecule has 0 N–H and O–H groups in total. The van der Waals surface area contributed by atoms with Gasteiger partial charge in [0.05, 0.1) is 0 Å². The molecular weight excluding hydrogens is 356 g/mol. The molecule has 0 bridgehead atoms. The van der Waals surface area contributed by atoms with Gasteiger partial charge in [0.25, 0.3) is 0 Å². The number of hydrogen-bond donors (Lipinski definition) is 0. The van der Waals surface area contributed by atoms with Crippen LogP contribution in [0.25, 0.3) is 0 Å². The van der Waals surface area contributed by atoms with E-state index in [-0.39, 0.29) is 0 Å². The van der Waals surface area contributed by atoms with E-state index in [0.717, 1.165) is 42.6 Å². The molecule has 0 aromatic rings. The molecule has 4 aliphatic carbocycles. The first kappa shape index (κ1) is 24.9. The molecule has 29 heavy (non-hydrogen) atoms. The van der Waals surface area contributed by atoms with Crippen molar-refractivity contribution in [2.24, 2.45) is 46.3 Å². The van der Waals surface area contributed by atoms with Crippen LogP contribution >= 0.6 is 0 Å². The van der Waals surface area contributed by atoms with Crippen molar-refractivity contribution in [2.45, 2.75) is 106 Å². The van der Waals surface area contributed by atoms with Crippen LogP contribution in [0.3, 0.4) is 0 Å². The molecule has 4 rings (SSSR count). The van der Waals surface area contributed by atoms with Crippen LogP contribution in [0.4, 0.5) is 0 Å². The molecule has 170 valence electrons. The van der Waals surface area contributed by atoms with Gasteiger partial charge in [-0.1, -0.05) is 41.5 Å². The number of ether oxygens (including phenoxy) is 1. The Bertz CT molecular complexity index is 529. The molecule has 0 spiro atoms. The second-order valence-corrected chi connectivity index (χ2v) is 10.6. The van der Waals surface area contributed by atoms with Gasteiger partial charge in [-0.2, -0.15) is 0 Å². The Hall–Kier alpha value is -0.370. The minimum absolute atomic E-state index is 0.313. The van der Waals surface area contributed by atoms with Gasteiger partial charge >= 0.3 is 0 Å². The molecule has 2 nitrogen and oxygen atoms in total. The van der Waals surface area contributed by atoms with E-state index in [4.69, 9.17) is 4.74 Å². The summed E-state index contributed by atoms with van der Waals surface area (Å²) in [6, 6.07) is 0. The summed E-state index contributed by atoms with van der Waals surface area (Å²) < 4.78 is 5.48. The molecule has 0 aromatic heterocycles. The lowest BCUT2D eigenvalue weighted by atomic mass is 9.45. The highest BCUT2D eigenvalue weighted by Crippen LogP contribution is 2.66. The van der Waals surface area contributed by atoms with E-state index in [1.165, 1.54) is 51.4 Å². The molecule has 4 saturated carbocycles. The fourth-order valence-corrected chi connectivity index (χ4v) is 8.47. The fraction of sp³-hybridized carbons (Fsp3) is 0.963. The monoisotopic (exact) mass is 406 g/mol. The van der Waals surface area contributed by atoms with Gasteiger partial charge in [-0.3, -0.25) is 4.79 Å². The minimum Gasteiger partial charge on any atom is -0.384 e. The Balaban J connectivity index is 0.000000707.